The summed E-state index contributed by atoms with van der Waals surface area (Å²) in [5.41, 5.74) is 8.28. The van der Waals surface area contributed by atoms with Crippen molar-refractivity contribution in [2.75, 3.05) is 13.1 Å². The third-order valence-corrected chi connectivity index (χ3v) is 3.99. The maximum Gasteiger partial charge on any atom is 0.134 e. The predicted molar refractivity (Wildman–Crippen MR) is 78.0 cm³/mol. The lowest BCUT2D eigenvalue weighted by atomic mass is 10.0. The van der Waals surface area contributed by atoms with Crippen molar-refractivity contribution in [3.05, 3.63) is 36.1 Å². The number of fused-ring (bicyclic) bond motifs is 1. The quantitative estimate of drug-likeness (QED) is 0.864. The van der Waals surface area contributed by atoms with Gasteiger partial charge in [0.25, 0.3) is 0 Å². The molecule has 0 saturated heterocycles. The molecular formula is C16H22N2O. The van der Waals surface area contributed by atoms with E-state index < -0.39 is 0 Å². The topological polar surface area (TPSA) is 42.4 Å². The van der Waals surface area contributed by atoms with Crippen LogP contribution in [0.1, 0.15) is 37.8 Å². The van der Waals surface area contributed by atoms with E-state index in [0.29, 0.717) is 6.54 Å². The molecule has 102 valence electrons. The van der Waals surface area contributed by atoms with Crippen molar-refractivity contribution in [3.8, 4) is 0 Å². The highest BCUT2D eigenvalue weighted by Crippen LogP contribution is 2.37. The molecule has 0 bridgehead atoms. The van der Waals surface area contributed by atoms with E-state index in [4.69, 9.17) is 10.2 Å². The van der Waals surface area contributed by atoms with E-state index in [1.165, 1.54) is 30.2 Å². The Balaban J connectivity index is 1.96. The molecule has 0 radical (unpaired) electrons. The molecule has 3 nitrogen and oxygen atoms in total. The van der Waals surface area contributed by atoms with Gasteiger partial charge in [-0.2, -0.15) is 0 Å². The number of furan rings is 1. The second-order valence-corrected chi connectivity index (χ2v) is 5.41. The first-order valence-corrected chi connectivity index (χ1v) is 7.27. The van der Waals surface area contributed by atoms with E-state index in [9.17, 15) is 0 Å². The Kier molecular flexibility index (Phi) is 3.58. The number of rotatable bonds is 6. The van der Waals surface area contributed by atoms with E-state index in [-0.39, 0.29) is 6.04 Å². The smallest absolute Gasteiger partial charge is 0.134 e. The van der Waals surface area contributed by atoms with Gasteiger partial charge in [-0.25, -0.2) is 0 Å². The molecule has 19 heavy (non-hydrogen) atoms. The summed E-state index contributed by atoms with van der Waals surface area (Å²) < 4.78 is 5.68. The van der Waals surface area contributed by atoms with Gasteiger partial charge in [0.15, 0.2) is 0 Å². The molecule has 2 N–H and O–H groups in total. The Morgan fingerprint density at radius 3 is 2.84 bits per heavy atom. The number of hydrogen-bond acceptors (Lipinski definition) is 3. The molecule has 1 aliphatic rings. The zero-order chi connectivity index (χ0) is 13.2. The van der Waals surface area contributed by atoms with Crippen LogP contribution in [0.5, 0.6) is 0 Å². The summed E-state index contributed by atoms with van der Waals surface area (Å²) in [6.07, 6.45) is 5.69. The van der Waals surface area contributed by atoms with Gasteiger partial charge in [-0.15, -0.1) is 0 Å². The van der Waals surface area contributed by atoms with Gasteiger partial charge < -0.3 is 10.2 Å². The van der Waals surface area contributed by atoms with Gasteiger partial charge in [-0.05, 0) is 31.9 Å². The zero-order valence-electron chi connectivity index (χ0n) is 11.5. The molecule has 1 heterocycles. The number of benzene rings is 1. The molecule has 1 unspecified atom stereocenters. The highest BCUT2D eigenvalue weighted by Gasteiger charge is 2.34. The molecule has 1 aliphatic carbocycles. The van der Waals surface area contributed by atoms with Gasteiger partial charge in [0.2, 0.25) is 0 Å². The van der Waals surface area contributed by atoms with Crippen molar-refractivity contribution in [2.45, 2.75) is 38.3 Å². The van der Waals surface area contributed by atoms with Crippen LogP contribution < -0.4 is 5.73 Å². The summed E-state index contributed by atoms with van der Waals surface area (Å²) in [6.45, 7) is 4.00. The number of para-hydroxylation sites is 1. The van der Waals surface area contributed by atoms with Crippen LogP contribution in [0.15, 0.2) is 34.9 Å². The fourth-order valence-corrected chi connectivity index (χ4v) is 2.95. The summed E-state index contributed by atoms with van der Waals surface area (Å²) in [5.74, 6) is 0. The Labute approximate surface area is 114 Å². The maximum atomic E-state index is 6.07. The number of nitrogens with two attached hydrogens (primary N) is 1. The molecule has 1 atom stereocenters. The Morgan fingerprint density at radius 2 is 2.16 bits per heavy atom. The highest BCUT2D eigenvalue weighted by atomic mass is 16.3. The zero-order valence-corrected chi connectivity index (χ0v) is 11.5. The monoisotopic (exact) mass is 258 g/mol. The second-order valence-electron chi connectivity index (χ2n) is 5.41. The Hall–Kier alpha value is -1.32. The van der Waals surface area contributed by atoms with Crippen molar-refractivity contribution in [1.82, 2.24) is 4.90 Å². The minimum Gasteiger partial charge on any atom is -0.464 e. The van der Waals surface area contributed by atoms with E-state index in [1.54, 1.807) is 0 Å². The van der Waals surface area contributed by atoms with E-state index >= 15 is 0 Å². The van der Waals surface area contributed by atoms with Crippen molar-refractivity contribution < 1.29 is 4.42 Å². The van der Waals surface area contributed by atoms with Crippen LogP contribution in [0.4, 0.5) is 0 Å². The maximum absolute atomic E-state index is 6.07. The van der Waals surface area contributed by atoms with Crippen LogP contribution in [0, 0.1) is 0 Å². The average molecular weight is 258 g/mol. The first-order valence-electron chi connectivity index (χ1n) is 7.27. The lowest BCUT2D eigenvalue weighted by Crippen LogP contribution is -2.36. The lowest BCUT2D eigenvalue weighted by Gasteiger charge is -2.30. The molecule has 0 amide bonds. The van der Waals surface area contributed by atoms with Crippen molar-refractivity contribution >= 4 is 11.0 Å². The summed E-state index contributed by atoms with van der Waals surface area (Å²) >= 11 is 0. The highest BCUT2D eigenvalue weighted by molar-refractivity contribution is 5.81. The van der Waals surface area contributed by atoms with E-state index in [0.717, 1.165) is 18.2 Å². The van der Waals surface area contributed by atoms with Crippen molar-refractivity contribution in [2.24, 2.45) is 5.73 Å². The molecule has 3 heteroatoms. The lowest BCUT2D eigenvalue weighted by molar-refractivity contribution is 0.191. The molecule has 3 rings (SSSR count). The third kappa shape index (κ3) is 2.40. The third-order valence-electron chi connectivity index (χ3n) is 3.99. The summed E-state index contributed by atoms with van der Waals surface area (Å²) in [7, 11) is 0. The molecule has 1 fully saturated rings. The first-order chi connectivity index (χ1) is 9.35. The van der Waals surface area contributed by atoms with Crippen molar-refractivity contribution in [3.63, 3.8) is 0 Å². The number of nitrogens with zero attached hydrogens (tertiary/aromatic N) is 1. The second kappa shape index (κ2) is 5.35. The minimum atomic E-state index is 0.288. The fraction of sp³-hybridized carbons (Fsp3) is 0.500. The molecule has 1 saturated carbocycles. The van der Waals surface area contributed by atoms with Crippen LogP contribution >= 0.6 is 0 Å². The Morgan fingerprint density at radius 1 is 1.37 bits per heavy atom. The van der Waals surface area contributed by atoms with E-state index in [2.05, 4.69) is 24.0 Å². The van der Waals surface area contributed by atoms with Crippen LogP contribution in [-0.2, 0) is 0 Å². The van der Waals surface area contributed by atoms with Gasteiger partial charge in [0.05, 0.1) is 12.3 Å². The molecular weight excluding hydrogens is 236 g/mol. The van der Waals surface area contributed by atoms with Crippen molar-refractivity contribution in [1.29, 1.82) is 0 Å². The SMILES string of the molecule is CCCN(C1CC1)C(CN)c1coc2ccccc12. The average Bonchev–Trinajstić information content (AvgIpc) is 3.20. The Bertz CT molecular complexity index is 544. The van der Waals surface area contributed by atoms with Crippen LogP contribution in [0.25, 0.3) is 11.0 Å². The normalized spacial score (nSPS) is 17.2. The minimum absolute atomic E-state index is 0.288. The van der Waals surface area contributed by atoms with Gasteiger partial charge in [0, 0.05) is 23.5 Å². The molecule has 2 aromatic rings. The molecule has 0 aliphatic heterocycles. The molecule has 1 aromatic carbocycles. The largest absolute Gasteiger partial charge is 0.464 e. The van der Waals surface area contributed by atoms with E-state index in [1.807, 2.05) is 18.4 Å². The van der Waals surface area contributed by atoms with Crippen LogP contribution in [-0.4, -0.2) is 24.0 Å². The van der Waals surface area contributed by atoms with Gasteiger partial charge in [0.1, 0.15) is 5.58 Å². The van der Waals surface area contributed by atoms with Crippen LogP contribution in [0.2, 0.25) is 0 Å². The standard InChI is InChI=1S/C16H22N2O/c1-2-9-18(12-7-8-12)15(10-17)14-11-19-16-6-4-3-5-13(14)16/h3-6,11-12,15H,2,7-10,17H2,1H3. The molecule has 1 aromatic heterocycles. The first kappa shape index (κ1) is 12.7. The predicted octanol–water partition coefficient (Wildman–Crippen LogP) is 3.31. The molecule has 0 spiro atoms. The van der Waals surface area contributed by atoms with Crippen LogP contribution in [0.3, 0.4) is 0 Å². The fourth-order valence-electron chi connectivity index (χ4n) is 2.95. The van der Waals surface area contributed by atoms with Gasteiger partial charge in [-0.1, -0.05) is 25.1 Å². The summed E-state index contributed by atoms with van der Waals surface area (Å²) in [6, 6.07) is 9.24. The summed E-state index contributed by atoms with van der Waals surface area (Å²) in [5, 5.41) is 1.21. The number of hydrogen-bond donors (Lipinski definition) is 1. The summed E-state index contributed by atoms with van der Waals surface area (Å²) in [4.78, 5) is 2.57. The van der Waals surface area contributed by atoms with Gasteiger partial charge >= 0.3 is 0 Å². The van der Waals surface area contributed by atoms with Gasteiger partial charge in [-0.3, -0.25) is 4.90 Å².